The van der Waals surface area contributed by atoms with Crippen molar-refractivity contribution < 1.29 is 4.79 Å². The molecule has 116 valence electrons. The van der Waals surface area contributed by atoms with Crippen LogP contribution in [0.1, 0.15) is 42.6 Å². The first-order chi connectivity index (χ1) is 10.1. The Morgan fingerprint density at radius 1 is 1.29 bits per heavy atom. The molecule has 0 saturated carbocycles. The lowest BCUT2D eigenvalue weighted by atomic mass is 10.0. The largest absolute Gasteiger partial charge is 0.398 e. The molecule has 4 nitrogen and oxygen atoms in total. The summed E-state index contributed by atoms with van der Waals surface area (Å²) in [7, 11) is 0. The number of nitrogens with two attached hydrogens (primary N) is 1. The lowest BCUT2D eigenvalue weighted by Crippen LogP contribution is -2.46. The van der Waals surface area contributed by atoms with Gasteiger partial charge in [-0.25, -0.2) is 0 Å². The van der Waals surface area contributed by atoms with Gasteiger partial charge in [0.1, 0.15) is 0 Å². The fourth-order valence-corrected chi connectivity index (χ4v) is 3.20. The van der Waals surface area contributed by atoms with Crippen molar-refractivity contribution in [1.82, 2.24) is 9.80 Å². The van der Waals surface area contributed by atoms with Crippen molar-refractivity contribution in [3.05, 3.63) is 29.3 Å². The van der Waals surface area contributed by atoms with Gasteiger partial charge >= 0.3 is 0 Å². The lowest BCUT2D eigenvalue weighted by Gasteiger charge is -2.37. The predicted molar refractivity (Wildman–Crippen MR) is 87.4 cm³/mol. The summed E-state index contributed by atoms with van der Waals surface area (Å²) in [6, 6.07) is 6.27. The van der Waals surface area contributed by atoms with Crippen molar-refractivity contribution >= 4 is 11.6 Å². The molecule has 4 heteroatoms. The Morgan fingerprint density at radius 3 is 2.48 bits per heavy atom. The Balaban J connectivity index is 2.02. The third kappa shape index (κ3) is 3.56. The molecular formula is C17H27N3O. The summed E-state index contributed by atoms with van der Waals surface area (Å²) in [4.78, 5) is 17.1. The number of carbonyl (C=O) groups is 1. The molecule has 0 spiro atoms. The first-order valence-electron chi connectivity index (χ1n) is 7.96. The van der Waals surface area contributed by atoms with Crippen molar-refractivity contribution in [3.8, 4) is 0 Å². The molecule has 1 heterocycles. The normalized spacial score (nSPS) is 16.5. The maximum Gasteiger partial charge on any atom is 0.255 e. The fraction of sp³-hybridized carbons (Fsp3) is 0.588. The minimum Gasteiger partial charge on any atom is -0.398 e. The van der Waals surface area contributed by atoms with Crippen LogP contribution in [0.2, 0.25) is 0 Å². The predicted octanol–water partition coefficient (Wildman–Crippen LogP) is 2.52. The van der Waals surface area contributed by atoms with E-state index in [4.69, 9.17) is 5.73 Å². The molecule has 0 radical (unpaired) electrons. The summed E-state index contributed by atoms with van der Waals surface area (Å²) in [6.07, 6.45) is 2.11. The van der Waals surface area contributed by atoms with E-state index in [0.717, 1.165) is 44.6 Å². The Hall–Kier alpha value is -1.55. The number of rotatable bonds is 4. The van der Waals surface area contributed by atoms with Gasteiger partial charge in [0.25, 0.3) is 5.91 Å². The van der Waals surface area contributed by atoms with E-state index in [0.29, 0.717) is 17.3 Å². The highest BCUT2D eigenvalue weighted by molar-refractivity contribution is 5.99. The number of piperidine rings is 1. The first-order valence-corrected chi connectivity index (χ1v) is 7.96. The molecule has 1 aliphatic rings. The van der Waals surface area contributed by atoms with Crippen LogP contribution in [0, 0.1) is 6.92 Å². The SMILES string of the molecule is CCN(CC)C1CCN(C(=O)c2cc(C)ccc2N)CC1. The average Bonchev–Trinajstić information content (AvgIpc) is 2.51. The van der Waals surface area contributed by atoms with Crippen LogP contribution in [0.15, 0.2) is 18.2 Å². The van der Waals surface area contributed by atoms with Crippen molar-refractivity contribution in [2.75, 3.05) is 31.9 Å². The van der Waals surface area contributed by atoms with E-state index in [1.165, 1.54) is 0 Å². The van der Waals surface area contributed by atoms with Crippen LogP contribution in [0.25, 0.3) is 0 Å². The quantitative estimate of drug-likeness (QED) is 0.867. The molecule has 1 fully saturated rings. The second-order valence-electron chi connectivity index (χ2n) is 5.84. The molecule has 0 aromatic heterocycles. The van der Waals surface area contributed by atoms with Crippen LogP contribution >= 0.6 is 0 Å². The number of likely N-dealkylation sites (tertiary alicyclic amines) is 1. The third-order valence-corrected chi connectivity index (χ3v) is 4.52. The fourth-order valence-electron chi connectivity index (χ4n) is 3.20. The topological polar surface area (TPSA) is 49.6 Å². The van der Waals surface area contributed by atoms with Crippen molar-refractivity contribution in [2.45, 2.75) is 39.7 Å². The summed E-state index contributed by atoms with van der Waals surface area (Å²) >= 11 is 0. The number of carbonyl (C=O) groups excluding carboxylic acids is 1. The highest BCUT2D eigenvalue weighted by atomic mass is 16.2. The number of nitrogens with zero attached hydrogens (tertiary/aromatic N) is 2. The maximum absolute atomic E-state index is 12.6. The highest BCUT2D eigenvalue weighted by Gasteiger charge is 2.26. The third-order valence-electron chi connectivity index (χ3n) is 4.52. The Bertz CT molecular complexity index is 489. The van der Waals surface area contributed by atoms with Crippen LogP contribution in [0.5, 0.6) is 0 Å². The van der Waals surface area contributed by atoms with Gasteiger partial charge in [0.2, 0.25) is 0 Å². The van der Waals surface area contributed by atoms with Gasteiger partial charge in [0.15, 0.2) is 0 Å². The van der Waals surface area contributed by atoms with Gasteiger partial charge in [-0.05, 0) is 45.0 Å². The molecule has 1 saturated heterocycles. The van der Waals surface area contributed by atoms with E-state index in [-0.39, 0.29) is 5.91 Å². The van der Waals surface area contributed by atoms with Gasteiger partial charge in [-0.1, -0.05) is 25.5 Å². The molecule has 0 unspecified atom stereocenters. The van der Waals surface area contributed by atoms with Gasteiger partial charge in [-0.15, -0.1) is 0 Å². The Kier molecular flexibility index (Phi) is 5.23. The first kappa shape index (κ1) is 15.8. The maximum atomic E-state index is 12.6. The number of hydrogen-bond acceptors (Lipinski definition) is 3. The Labute approximate surface area is 127 Å². The van der Waals surface area contributed by atoms with E-state index in [1.54, 1.807) is 0 Å². The number of nitrogen functional groups attached to an aromatic ring is 1. The van der Waals surface area contributed by atoms with Crippen molar-refractivity contribution in [2.24, 2.45) is 0 Å². The van der Waals surface area contributed by atoms with Crippen LogP contribution in [-0.4, -0.2) is 47.9 Å². The molecule has 1 amide bonds. The zero-order valence-electron chi connectivity index (χ0n) is 13.4. The molecular weight excluding hydrogens is 262 g/mol. The number of anilines is 1. The standard InChI is InChI=1S/C17H27N3O/c1-4-19(5-2)14-8-10-20(11-9-14)17(21)15-12-13(3)6-7-16(15)18/h6-7,12,14H,4-5,8-11,18H2,1-3H3. The van der Waals surface area contributed by atoms with E-state index < -0.39 is 0 Å². The van der Waals surface area contributed by atoms with Gasteiger partial charge in [0, 0.05) is 24.8 Å². The molecule has 0 aliphatic carbocycles. The van der Waals surface area contributed by atoms with E-state index >= 15 is 0 Å². The molecule has 0 bridgehead atoms. The molecule has 21 heavy (non-hydrogen) atoms. The zero-order chi connectivity index (χ0) is 15.4. The van der Waals surface area contributed by atoms with Gasteiger partial charge in [-0.3, -0.25) is 4.79 Å². The average molecular weight is 289 g/mol. The summed E-state index contributed by atoms with van der Waals surface area (Å²) in [6.45, 7) is 10.2. The number of benzene rings is 1. The summed E-state index contributed by atoms with van der Waals surface area (Å²) in [5.41, 5.74) is 8.26. The van der Waals surface area contributed by atoms with Crippen LogP contribution in [0.4, 0.5) is 5.69 Å². The van der Waals surface area contributed by atoms with Gasteiger partial charge in [0.05, 0.1) is 5.56 Å². The molecule has 1 aliphatic heterocycles. The molecule has 0 atom stereocenters. The minimum atomic E-state index is 0.0780. The smallest absolute Gasteiger partial charge is 0.255 e. The summed E-state index contributed by atoms with van der Waals surface area (Å²) in [5.74, 6) is 0.0780. The molecule has 2 rings (SSSR count). The summed E-state index contributed by atoms with van der Waals surface area (Å²) in [5, 5.41) is 0. The number of amides is 1. The van der Waals surface area contributed by atoms with Crippen LogP contribution in [-0.2, 0) is 0 Å². The van der Waals surface area contributed by atoms with Crippen molar-refractivity contribution in [1.29, 1.82) is 0 Å². The minimum absolute atomic E-state index is 0.0780. The summed E-state index contributed by atoms with van der Waals surface area (Å²) < 4.78 is 0. The molecule has 1 aromatic rings. The monoisotopic (exact) mass is 289 g/mol. The van der Waals surface area contributed by atoms with Crippen molar-refractivity contribution in [3.63, 3.8) is 0 Å². The van der Waals surface area contributed by atoms with Crippen LogP contribution < -0.4 is 5.73 Å². The zero-order valence-corrected chi connectivity index (χ0v) is 13.4. The molecule has 1 aromatic carbocycles. The van der Waals surface area contributed by atoms with E-state index in [9.17, 15) is 4.79 Å². The molecule has 2 N–H and O–H groups in total. The number of hydrogen-bond donors (Lipinski definition) is 1. The second kappa shape index (κ2) is 6.94. The van der Waals surface area contributed by atoms with E-state index in [2.05, 4.69) is 18.7 Å². The lowest BCUT2D eigenvalue weighted by molar-refractivity contribution is 0.0632. The van der Waals surface area contributed by atoms with Crippen LogP contribution in [0.3, 0.4) is 0 Å². The van der Waals surface area contributed by atoms with E-state index in [1.807, 2.05) is 30.0 Å². The van der Waals surface area contributed by atoms with Gasteiger partial charge < -0.3 is 15.5 Å². The highest BCUT2D eigenvalue weighted by Crippen LogP contribution is 2.21. The Morgan fingerprint density at radius 2 is 1.90 bits per heavy atom. The second-order valence-corrected chi connectivity index (χ2v) is 5.84. The van der Waals surface area contributed by atoms with Gasteiger partial charge in [-0.2, -0.15) is 0 Å². The number of aryl methyl sites for hydroxylation is 1.